The predicted molar refractivity (Wildman–Crippen MR) is 20.0 cm³/mol. The third-order valence-electron chi connectivity index (χ3n) is 0.612. The summed E-state index contributed by atoms with van der Waals surface area (Å²) >= 11 is 0.233. The number of hydrogen-bond donors (Lipinski definition) is 0. The van der Waals surface area contributed by atoms with Gasteiger partial charge in [-0.25, -0.2) is 0 Å². The minimum atomic E-state index is 0.233. The zero-order valence-electron chi connectivity index (χ0n) is 2.78. The molecule has 1 rings (SSSR count). The molecule has 0 aliphatic carbocycles. The Morgan fingerprint density at radius 2 is 2.25 bits per heavy atom. The van der Waals surface area contributed by atoms with Crippen LogP contribution in [0.25, 0.3) is 0 Å². The molecule has 1 unspecified atom stereocenters. The van der Waals surface area contributed by atoms with E-state index in [1.54, 1.807) is 3.98 Å². The average molecular weight is 249 g/mol. The first kappa shape index (κ1) is 3.13. The van der Waals surface area contributed by atoms with Crippen LogP contribution in [0.3, 0.4) is 0 Å². The predicted octanol–water partition coefficient (Wildman–Crippen LogP) is 0.931. The monoisotopic (exact) mass is 250 g/mol. The molecule has 0 saturated carbocycles. The first-order valence-electron chi connectivity index (χ1n) is 1.63. The van der Waals surface area contributed by atoms with Crippen molar-refractivity contribution in [2.45, 2.75) is 14.4 Å². The fraction of sp³-hybridized carbons (Fsp3) is 1.00. The molecule has 1 aliphatic rings. The van der Waals surface area contributed by atoms with Gasteiger partial charge < -0.3 is 0 Å². The van der Waals surface area contributed by atoms with E-state index < -0.39 is 0 Å². The van der Waals surface area contributed by atoms with E-state index >= 15 is 0 Å². The summed E-state index contributed by atoms with van der Waals surface area (Å²) in [5, 5.41) is 0. The van der Waals surface area contributed by atoms with Crippen LogP contribution in [-0.4, -0.2) is 24.2 Å². The summed E-state index contributed by atoms with van der Waals surface area (Å²) in [6.45, 7) is 2.36. The normalized spacial score (nSPS) is 39.8. The van der Waals surface area contributed by atoms with Crippen LogP contribution in [-0.2, 0) is 0 Å². The van der Waals surface area contributed by atoms with Crippen molar-refractivity contribution < 1.29 is 0 Å². The molecule has 0 amide bonds. The molecule has 0 aromatic carbocycles. The van der Waals surface area contributed by atoms with Gasteiger partial charge in [0, 0.05) is 0 Å². The van der Waals surface area contributed by atoms with Crippen molar-refractivity contribution in [3.8, 4) is 0 Å². The van der Waals surface area contributed by atoms with Gasteiger partial charge in [0.25, 0.3) is 0 Å². The van der Waals surface area contributed by atoms with E-state index in [9.17, 15) is 0 Å². The molecule has 1 saturated heterocycles. The van der Waals surface area contributed by atoms with Crippen molar-refractivity contribution >= 4 is 24.2 Å². The van der Waals surface area contributed by atoms with Gasteiger partial charge in [0.15, 0.2) is 0 Å². The molecule has 22 valence electrons. The summed E-state index contributed by atoms with van der Waals surface area (Å²) in [4.78, 5) is 0. The van der Waals surface area contributed by atoms with Crippen molar-refractivity contribution in [3.63, 3.8) is 0 Å². The Bertz CT molecular complexity index is 22.5. The molecule has 0 bridgehead atoms. The van der Waals surface area contributed by atoms with E-state index in [0.29, 0.717) is 0 Å². The average Bonchev–Trinajstić information content (AvgIpc) is 1.75. The Morgan fingerprint density at radius 1 is 2.00 bits per heavy atom. The van der Waals surface area contributed by atoms with Gasteiger partial charge in [-0.05, 0) is 0 Å². The van der Waals surface area contributed by atoms with E-state index in [1.807, 2.05) is 0 Å². The van der Waals surface area contributed by atoms with Crippen molar-refractivity contribution in [1.29, 1.82) is 0 Å². The Kier molecular flexibility index (Phi) is 0.746. The number of hydrogen-bond acceptors (Lipinski definition) is 0. The van der Waals surface area contributed by atoms with Crippen LogP contribution in [0, 0.1) is 0 Å². The molecular weight excluding hydrogens is 243 g/mol. The molecule has 4 heavy (non-hydrogen) atoms. The minimum absolute atomic E-state index is 0.233. The Labute approximate surface area is 38.8 Å². The molecule has 0 nitrogen and oxygen atoms in total. The van der Waals surface area contributed by atoms with Gasteiger partial charge in [0.1, 0.15) is 0 Å². The second-order valence-corrected chi connectivity index (χ2v) is 8.31. The Hall–Kier alpha value is 0.922. The SMILES string of the molecule is C[CH]1[CH2][Pb]1. The summed E-state index contributed by atoms with van der Waals surface area (Å²) < 4.78 is 2.96. The summed E-state index contributed by atoms with van der Waals surface area (Å²) in [6, 6.07) is 0. The summed E-state index contributed by atoms with van der Waals surface area (Å²) in [5.74, 6) is 0. The van der Waals surface area contributed by atoms with Crippen LogP contribution in [0.1, 0.15) is 6.92 Å². The van der Waals surface area contributed by atoms with Crippen LogP contribution < -0.4 is 0 Å². The summed E-state index contributed by atoms with van der Waals surface area (Å²) in [5.41, 5.74) is 0. The Morgan fingerprint density at radius 3 is 2.25 bits per heavy atom. The molecule has 1 heteroatoms. The van der Waals surface area contributed by atoms with Crippen LogP contribution in [0.2, 0.25) is 7.46 Å². The molecule has 0 N–H and O–H groups in total. The maximum absolute atomic E-state index is 2.36. The second kappa shape index (κ2) is 0.955. The molecule has 0 aromatic rings. The van der Waals surface area contributed by atoms with Crippen molar-refractivity contribution in [2.75, 3.05) is 0 Å². The maximum atomic E-state index is 2.36. The molecule has 2 radical (unpaired) electrons. The molecular formula is C3H6Pb. The molecule has 1 fully saturated rings. The van der Waals surface area contributed by atoms with Gasteiger partial charge in [-0.15, -0.1) is 0 Å². The van der Waals surface area contributed by atoms with E-state index in [4.69, 9.17) is 0 Å². The topological polar surface area (TPSA) is 0 Å². The van der Waals surface area contributed by atoms with Gasteiger partial charge in [-0.3, -0.25) is 0 Å². The van der Waals surface area contributed by atoms with E-state index in [-0.39, 0.29) is 24.2 Å². The fourth-order valence-corrected chi connectivity index (χ4v) is 1.03. The number of rotatable bonds is 0. The third-order valence-corrected chi connectivity index (χ3v) is 5.37. The van der Waals surface area contributed by atoms with Gasteiger partial charge >= 0.3 is 38.6 Å². The van der Waals surface area contributed by atoms with Crippen LogP contribution >= 0.6 is 0 Å². The summed E-state index contributed by atoms with van der Waals surface area (Å²) in [6.07, 6.45) is 0. The molecule has 1 aliphatic heterocycles. The first-order valence-corrected chi connectivity index (χ1v) is 6.62. The van der Waals surface area contributed by atoms with Crippen molar-refractivity contribution in [3.05, 3.63) is 0 Å². The van der Waals surface area contributed by atoms with Crippen molar-refractivity contribution in [1.82, 2.24) is 0 Å². The van der Waals surface area contributed by atoms with Crippen LogP contribution in [0.5, 0.6) is 0 Å². The Balaban J connectivity index is 2.17. The van der Waals surface area contributed by atoms with Crippen molar-refractivity contribution in [2.24, 2.45) is 0 Å². The zero-order valence-corrected chi connectivity index (χ0v) is 6.67. The molecule has 1 heterocycles. The first-order chi connectivity index (χ1) is 1.89. The van der Waals surface area contributed by atoms with E-state index in [1.165, 1.54) is 3.48 Å². The summed E-state index contributed by atoms with van der Waals surface area (Å²) in [7, 11) is 0. The van der Waals surface area contributed by atoms with E-state index in [0.717, 1.165) is 0 Å². The van der Waals surface area contributed by atoms with Crippen LogP contribution in [0.4, 0.5) is 0 Å². The second-order valence-electron chi connectivity index (χ2n) is 1.31. The zero-order chi connectivity index (χ0) is 2.99. The quantitative estimate of drug-likeness (QED) is 0.560. The van der Waals surface area contributed by atoms with E-state index in [2.05, 4.69) is 6.92 Å². The van der Waals surface area contributed by atoms with Gasteiger partial charge in [-0.2, -0.15) is 0 Å². The van der Waals surface area contributed by atoms with Crippen LogP contribution in [0.15, 0.2) is 0 Å². The standard InChI is InChI=1S/C3H6.Pb/c1-3-2;/h3H,1H2,2H3;. The van der Waals surface area contributed by atoms with Gasteiger partial charge in [0.2, 0.25) is 0 Å². The molecule has 0 aromatic heterocycles. The fourth-order valence-electron chi connectivity index (χ4n) is 0.118. The third kappa shape index (κ3) is 0.702. The molecule has 1 atom stereocenters. The molecule has 0 spiro atoms. The van der Waals surface area contributed by atoms with Gasteiger partial charge in [0.05, 0.1) is 0 Å². The van der Waals surface area contributed by atoms with Gasteiger partial charge in [-0.1, -0.05) is 0 Å².